The molecule has 0 saturated carbocycles. The van der Waals surface area contributed by atoms with Gasteiger partial charge in [-0.3, -0.25) is 0 Å². The fourth-order valence-electron chi connectivity index (χ4n) is 2.09. The zero-order valence-electron chi connectivity index (χ0n) is 12.8. The van der Waals surface area contributed by atoms with Gasteiger partial charge in [-0.2, -0.15) is 0 Å². The molecule has 114 valence electrons. The molecule has 0 amide bonds. The molecule has 0 fully saturated rings. The standard InChI is InChI=1S/C16H25BrFNO/c1-16(2,3)13(11-19-7-8-20-4)9-12-5-6-15(18)14(17)10-12/h5-6,10,13,19H,7-9,11H2,1-4H3. The molecule has 2 nitrogen and oxygen atoms in total. The molecule has 1 atom stereocenters. The van der Waals surface area contributed by atoms with Crippen molar-refractivity contribution in [3.05, 3.63) is 34.1 Å². The Bertz CT molecular complexity index is 417. The molecule has 1 aromatic rings. The van der Waals surface area contributed by atoms with Crippen LogP contribution in [0.25, 0.3) is 0 Å². The first-order chi connectivity index (χ1) is 9.34. The highest BCUT2D eigenvalue weighted by Crippen LogP contribution is 2.29. The van der Waals surface area contributed by atoms with Crippen molar-refractivity contribution in [2.24, 2.45) is 11.3 Å². The van der Waals surface area contributed by atoms with E-state index in [0.717, 1.165) is 31.7 Å². The van der Waals surface area contributed by atoms with Crippen LogP contribution < -0.4 is 5.32 Å². The van der Waals surface area contributed by atoms with E-state index in [9.17, 15) is 4.39 Å². The first kappa shape index (κ1) is 17.6. The van der Waals surface area contributed by atoms with Gasteiger partial charge in [-0.05, 0) is 57.9 Å². The van der Waals surface area contributed by atoms with Gasteiger partial charge in [0, 0.05) is 13.7 Å². The van der Waals surface area contributed by atoms with Gasteiger partial charge in [0.15, 0.2) is 0 Å². The minimum atomic E-state index is -0.209. The number of ether oxygens (including phenoxy) is 1. The Morgan fingerprint density at radius 1 is 1.35 bits per heavy atom. The summed E-state index contributed by atoms with van der Waals surface area (Å²) in [4.78, 5) is 0. The van der Waals surface area contributed by atoms with Gasteiger partial charge in [0.2, 0.25) is 0 Å². The second-order valence-corrected chi connectivity index (χ2v) is 7.07. The van der Waals surface area contributed by atoms with Crippen LogP contribution in [0.15, 0.2) is 22.7 Å². The molecule has 0 bridgehead atoms. The van der Waals surface area contributed by atoms with E-state index in [4.69, 9.17) is 4.74 Å². The minimum absolute atomic E-state index is 0.195. The molecule has 0 aliphatic carbocycles. The molecule has 0 saturated heterocycles. The van der Waals surface area contributed by atoms with E-state index in [0.29, 0.717) is 10.4 Å². The maximum Gasteiger partial charge on any atom is 0.137 e. The fourth-order valence-corrected chi connectivity index (χ4v) is 2.51. The maximum atomic E-state index is 13.3. The third-order valence-corrected chi connectivity index (χ3v) is 4.17. The summed E-state index contributed by atoms with van der Waals surface area (Å²) in [7, 11) is 1.71. The molecule has 20 heavy (non-hydrogen) atoms. The van der Waals surface area contributed by atoms with Gasteiger partial charge >= 0.3 is 0 Å². The van der Waals surface area contributed by atoms with E-state index in [1.807, 2.05) is 12.1 Å². The van der Waals surface area contributed by atoms with E-state index in [1.54, 1.807) is 7.11 Å². The predicted octanol–water partition coefficient (Wildman–Crippen LogP) is 4.03. The third-order valence-electron chi connectivity index (χ3n) is 3.56. The highest BCUT2D eigenvalue weighted by Gasteiger charge is 2.24. The molecular formula is C16H25BrFNO. The van der Waals surface area contributed by atoms with Crippen molar-refractivity contribution in [3.63, 3.8) is 0 Å². The summed E-state index contributed by atoms with van der Waals surface area (Å²) in [6, 6.07) is 5.27. The zero-order valence-corrected chi connectivity index (χ0v) is 14.4. The average Bonchev–Trinajstić information content (AvgIpc) is 2.36. The van der Waals surface area contributed by atoms with Gasteiger partial charge in [-0.15, -0.1) is 0 Å². The lowest BCUT2D eigenvalue weighted by molar-refractivity contribution is 0.186. The number of methoxy groups -OCH3 is 1. The highest BCUT2D eigenvalue weighted by atomic mass is 79.9. The Kier molecular flexibility index (Phi) is 7.13. The smallest absolute Gasteiger partial charge is 0.137 e. The monoisotopic (exact) mass is 345 g/mol. The van der Waals surface area contributed by atoms with Gasteiger partial charge in [0.1, 0.15) is 5.82 Å². The Morgan fingerprint density at radius 2 is 2.05 bits per heavy atom. The van der Waals surface area contributed by atoms with Crippen molar-refractivity contribution >= 4 is 15.9 Å². The van der Waals surface area contributed by atoms with Crippen molar-refractivity contribution in [2.75, 3.05) is 26.8 Å². The van der Waals surface area contributed by atoms with E-state index in [1.165, 1.54) is 6.07 Å². The summed E-state index contributed by atoms with van der Waals surface area (Å²) in [6.45, 7) is 9.24. The number of hydrogen-bond donors (Lipinski definition) is 1. The number of halogens is 2. The normalized spacial score (nSPS) is 13.5. The van der Waals surface area contributed by atoms with Crippen molar-refractivity contribution < 1.29 is 9.13 Å². The van der Waals surface area contributed by atoms with Crippen LogP contribution >= 0.6 is 15.9 Å². The number of nitrogens with one attached hydrogen (secondary N) is 1. The summed E-state index contributed by atoms with van der Waals surface area (Å²) in [6.07, 6.45) is 0.933. The van der Waals surface area contributed by atoms with E-state index < -0.39 is 0 Å². The SMILES string of the molecule is COCCNCC(Cc1ccc(F)c(Br)c1)C(C)(C)C. The van der Waals surface area contributed by atoms with E-state index in [2.05, 4.69) is 42.0 Å². The van der Waals surface area contributed by atoms with Gasteiger partial charge in [0.05, 0.1) is 11.1 Å². The summed E-state index contributed by atoms with van der Waals surface area (Å²) in [5, 5.41) is 3.43. The molecule has 0 spiro atoms. The van der Waals surface area contributed by atoms with Crippen LogP contribution in [0, 0.1) is 17.2 Å². The third kappa shape index (κ3) is 5.90. The Labute approximate surface area is 130 Å². The van der Waals surface area contributed by atoms with E-state index in [-0.39, 0.29) is 11.2 Å². The second-order valence-electron chi connectivity index (χ2n) is 6.21. The van der Waals surface area contributed by atoms with Gasteiger partial charge in [0.25, 0.3) is 0 Å². The maximum absolute atomic E-state index is 13.3. The van der Waals surface area contributed by atoms with E-state index >= 15 is 0 Å². The largest absolute Gasteiger partial charge is 0.383 e. The molecule has 1 rings (SSSR count). The molecule has 4 heteroatoms. The lowest BCUT2D eigenvalue weighted by Crippen LogP contribution is -2.34. The first-order valence-corrected chi connectivity index (χ1v) is 7.77. The zero-order chi connectivity index (χ0) is 15.2. The quantitative estimate of drug-likeness (QED) is 0.753. The van der Waals surface area contributed by atoms with Crippen LogP contribution in [0.2, 0.25) is 0 Å². The minimum Gasteiger partial charge on any atom is -0.383 e. The van der Waals surface area contributed by atoms with Crippen LogP contribution in [0.4, 0.5) is 4.39 Å². The molecule has 0 heterocycles. The summed E-state index contributed by atoms with van der Waals surface area (Å²) in [5.74, 6) is 0.274. The van der Waals surface area contributed by atoms with Gasteiger partial charge in [-0.25, -0.2) is 4.39 Å². The molecule has 0 aliphatic rings. The van der Waals surface area contributed by atoms with Crippen LogP contribution in [0.3, 0.4) is 0 Å². The summed E-state index contributed by atoms with van der Waals surface area (Å²) in [5.41, 5.74) is 1.35. The molecule has 0 aromatic heterocycles. The highest BCUT2D eigenvalue weighted by molar-refractivity contribution is 9.10. The Balaban J connectivity index is 2.66. The number of benzene rings is 1. The summed E-state index contributed by atoms with van der Waals surface area (Å²) < 4.78 is 18.9. The van der Waals surface area contributed by atoms with Crippen molar-refractivity contribution in [3.8, 4) is 0 Å². The molecule has 1 N–H and O–H groups in total. The first-order valence-electron chi connectivity index (χ1n) is 6.98. The molecular weight excluding hydrogens is 321 g/mol. The molecule has 0 aliphatic heterocycles. The predicted molar refractivity (Wildman–Crippen MR) is 85.5 cm³/mol. The van der Waals surface area contributed by atoms with Crippen LogP contribution in [0.1, 0.15) is 26.3 Å². The average molecular weight is 346 g/mol. The summed E-state index contributed by atoms with van der Waals surface area (Å²) >= 11 is 3.25. The Hall–Kier alpha value is -0.450. The fraction of sp³-hybridized carbons (Fsp3) is 0.625. The number of hydrogen-bond acceptors (Lipinski definition) is 2. The second kappa shape index (κ2) is 8.11. The Morgan fingerprint density at radius 3 is 2.60 bits per heavy atom. The van der Waals surface area contributed by atoms with Gasteiger partial charge in [-0.1, -0.05) is 26.8 Å². The van der Waals surface area contributed by atoms with Crippen LogP contribution in [-0.4, -0.2) is 26.8 Å². The molecule has 1 aromatic carbocycles. The number of rotatable bonds is 7. The van der Waals surface area contributed by atoms with Crippen LogP contribution in [-0.2, 0) is 11.2 Å². The lowest BCUT2D eigenvalue weighted by atomic mass is 9.77. The van der Waals surface area contributed by atoms with Crippen molar-refractivity contribution in [1.82, 2.24) is 5.32 Å². The van der Waals surface area contributed by atoms with Crippen molar-refractivity contribution in [2.45, 2.75) is 27.2 Å². The van der Waals surface area contributed by atoms with Crippen LogP contribution in [0.5, 0.6) is 0 Å². The lowest BCUT2D eigenvalue weighted by Gasteiger charge is -2.31. The topological polar surface area (TPSA) is 21.3 Å². The van der Waals surface area contributed by atoms with Gasteiger partial charge < -0.3 is 10.1 Å². The molecule has 1 unspecified atom stereocenters. The molecule has 0 radical (unpaired) electrons. The van der Waals surface area contributed by atoms with Crippen molar-refractivity contribution in [1.29, 1.82) is 0 Å².